The van der Waals surface area contributed by atoms with Gasteiger partial charge in [0.25, 0.3) is 0 Å². The minimum absolute atomic E-state index is 0.168. The van der Waals surface area contributed by atoms with E-state index in [1.54, 1.807) is 15.9 Å². The molecule has 4 amide bonds. The normalized spacial score (nSPS) is 20.3. The van der Waals surface area contributed by atoms with Gasteiger partial charge in [0.15, 0.2) is 0 Å². The number of carboxylic acids is 1. The van der Waals surface area contributed by atoms with Gasteiger partial charge in [-0.25, -0.2) is 9.59 Å². The Bertz CT molecular complexity index is 828. The molecule has 2 aliphatic rings. The van der Waals surface area contributed by atoms with Crippen LogP contribution < -0.4 is 10.6 Å². The maximum Gasteiger partial charge on any atom is 0.410 e. The summed E-state index contributed by atoms with van der Waals surface area (Å²) in [5, 5.41) is 14.0. The number of hydrogen-bond acceptors (Lipinski definition) is 6. The fourth-order valence-corrected chi connectivity index (χ4v) is 4.11. The molecule has 11 heteroatoms. The molecule has 0 aliphatic carbocycles. The zero-order valence-electron chi connectivity index (χ0n) is 21.0. The van der Waals surface area contributed by atoms with E-state index in [9.17, 15) is 24.0 Å². The second-order valence-electron chi connectivity index (χ2n) is 10.1. The maximum absolute atomic E-state index is 12.7. The summed E-state index contributed by atoms with van der Waals surface area (Å²) in [6.45, 7) is 8.43. The Morgan fingerprint density at radius 3 is 2.29 bits per heavy atom. The van der Waals surface area contributed by atoms with Gasteiger partial charge in [-0.3, -0.25) is 14.4 Å². The van der Waals surface area contributed by atoms with Crippen LogP contribution in [0.2, 0.25) is 0 Å². The van der Waals surface area contributed by atoms with Crippen molar-refractivity contribution in [1.82, 2.24) is 20.4 Å². The molecule has 0 unspecified atom stereocenters. The predicted octanol–water partition coefficient (Wildman–Crippen LogP) is 1.13. The molecule has 2 fully saturated rings. The molecule has 2 rings (SSSR count). The summed E-state index contributed by atoms with van der Waals surface area (Å²) >= 11 is 0. The molecule has 11 nitrogen and oxygen atoms in total. The number of nitrogens with zero attached hydrogens (tertiary/aromatic N) is 2. The van der Waals surface area contributed by atoms with Crippen LogP contribution in [0.1, 0.15) is 53.4 Å². The first-order valence-corrected chi connectivity index (χ1v) is 12.1. The molecule has 0 aromatic rings. The number of rotatable bonds is 7. The lowest BCUT2D eigenvalue weighted by molar-refractivity contribution is -0.141. The Labute approximate surface area is 206 Å². The van der Waals surface area contributed by atoms with Crippen molar-refractivity contribution in [2.24, 2.45) is 11.8 Å². The summed E-state index contributed by atoms with van der Waals surface area (Å²) in [6, 6.07) is -1.21. The van der Waals surface area contributed by atoms with Gasteiger partial charge in [0, 0.05) is 39.6 Å². The molecule has 2 heterocycles. The fourth-order valence-electron chi connectivity index (χ4n) is 4.11. The van der Waals surface area contributed by atoms with Crippen molar-refractivity contribution in [3.8, 4) is 0 Å². The lowest BCUT2D eigenvalue weighted by Crippen LogP contribution is -2.50. The van der Waals surface area contributed by atoms with E-state index in [0.29, 0.717) is 32.5 Å². The third kappa shape index (κ3) is 9.58. The number of ether oxygens (including phenoxy) is 1. The third-order valence-electron chi connectivity index (χ3n) is 5.96. The van der Waals surface area contributed by atoms with Crippen LogP contribution in [0.25, 0.3) is 0 Å². The number of hydrogen-bond donors (Lipinski definition) is 3. The summed E-state index contributed by atoms with van der Waals surface area (Å²) in [6.07, 6.45) is 5.86. The van der Waals surface area contributed by atoms with E-state index in [-0.39, 0.29) is 36.9 Å². The number of nitrogens with one attached hydrogen (secondary N) is 2. The number of carbonyl (C=O) groups is 5. The smallest absolute Gasteiger partial charge is 0.410 e. The van der Waals surface area contributed by atoms with Gasteiger partial charge < -0.3 is 30.3 Å². The number of carbonyl (C=O) groups excluding carboxylic acids is 4. The van der Waals surface area contributed by atoms with Gasteiger partial charge in [0.1, 0.15) is 11.6 Å². The van der Waals surface area contributed by atoms with Crippen molar-refractivity contribution in [1.29, 1.82) is 0 Å². The summed E-state index contributed by atoms with van der Waals surface area (Å²) in [7, 11) is 0. The molecule has 0 bridgehead atoms. The molecule has 0 aromatic heterocycles. The highest BCUT2D eigenvalue weighted by molar-refractivity contribution is 5.89. The molecule has 2 atom stereocenters. The van der Waals surface area contributed by atoms with Crippen molar-refractivity contribution in [2.75, 3.05) is 32.7 Å². The summed E-state index contributed by atoms with van der Waals surface area (Å²) in [5.74, 6) is -2.49. The predicted molar refractivity (Wildman–Crippen MR) is 127 cm³/mol. The first kappa shape index (κ1) is 28.1. The molecule has 0 spiro atoms. The van der Waals surface area contributed by atoms with Gasteiger partial charge in [-0.15, -0.1) is 0 Å². The number of allylic oxidation sites excluding steroid dienone is 1. The third-order valence-corrected chi connectivity index (χ3v) is 5.96. The van der Waals surface area contributed by atoms with E-state index in [1.807, 2.05) is 26.8 Å². The molecule has 2 aliphatic heterocycles. The Morgan fingerprint density at radius 1 is 1.06 bits per heavy atom. The zero-order valence-corrected chi connectivity index (χ0v) is 21.0. The molecule has 2 saturated heterocycles. The first-order chi connectivity index (χ1) is 16.4. The monoisotopic (exact) mass is 494 g/mol. The maximum atomic E-state index is 12.7. The number of likely N-dealkylation sites (tertiary alicyclic amines) is 2. The van der Waals surface area contributed by atoms with Crippen molar-refractivity contribution < 1.29 is 33.8 Å². The van der Waals surface area contributed by atoms with Crippen LogP contribution in [0.3, 0.4) is 0 Å². The largest absolute Gasteiger partial charge is 0.480 e. The zero-order chi connectivity index (χ0) is 26.2. The second-order valence-corrected chi connectivity index (χ2v) is 10.1. The average Bonchev–Trinajstić information content (AvgIpc) is 2.78. The van der Waals surface area contributed by atoms with Crippen LogP contribution in [0, 0.1) is 11.8 Å². The first-order valence-electron chi connectivity index (χ1n) is 12.1. The van der Waals surface area contributed by atoms with E-state index in [2.05, 4.69) is 10.6 Å². The molecule has 0 saturated carbocycles. The highest BCUT2D eigenvalue weighted by Gasteiger charge is 2.30. The van der Waals surface area contributed by atoms with Crippen LogP contribution >= 0.6 is 0 Å². The number of amides is 4. The second kappa shape index (κ2) is 12.6. The van der Waals surface area contributed by atoms with Crippen molar-refractivity contribution in [2.45, 2.75) is 65.0 Å². The lowest BCUT2D eigenvalue weighted by atomic mass is 9.95. The van der Waals surface area contributed by atoms with Gasteiger partial charge in [-0.1, -0.05) is 6.08 Å². The molecule has 196 valence electrons. The Kier molecular flexibility index (Phi) is 10.1. The Morgan fingerprint density at radius 2 is 1.71 bits per heavy atom. The van der Waals surface area contributed by atoms with Crippen LogP contribution in [0.15, 0.2) is 12.2 Å². The van der Waals surface area contributed by atoms with Crippen molar-refractivity contribution in [3.05, 3.63) is 12.2 Å². The lowest BCUT2D eigenvalue weighted by Gasteiger charge is -2.33. The van der Waals surface area contributed by atoms with Gasteiger partial charge >= 0.3 is 12.1 Å². The minimum Gasteiger partial charge on any atom is -0.480 e. The number of aliphatic carboxylic acids is 1. The molecule has 0 aromatic carbocycles. The van der Waals surface area contributed by atoms with Crippen LogP contribution in [-0.2, 0) is 23.9 Å². The van der Waals surface area contributed by atoms with E-state index in [4.69, 9.17) is 9.84 Å². The van der Waals surface area contributed by atoms with Gasteiger partial charge in [-0.2, -0.15) is 0 Å². The number of carboxylic acid groups (broad SMARTS) is 1. The minimum atomic E-state index is -1.23. The SMILES string of the molecule is CC(=O)N[C@@H](CNC(=O)[C@@H]1CCCN(C(=O)/C=C/C2CCN(C(=O)OC(C)(C)C)CC2)C1)C(=O)O. The molecule has 0 radical (unpaired) electrons. The van der Waals surface area contributed by atoms with Gasteiger partial charge in [-0.05, 0) is 58.4 Å². The number of piperidine rings is 2. The van der Waals surface area contributed by atoms with E-state index in [1.165, 1.54) is 6.92 Å². The van der Waals surface area contributed by atoms with Crippen molar-refractivity contribution in [3.63, 3.8) is 0 Å². The van der Waals surface area contributed by atoms with Crippen molar-refractivity contribution >= 4 is 29.8 Å². The van der Waals surface area contributed by atoms with E-state index < -0.39 is 29.4 Å². The highest BCUT2D eigenvalue weighted by Crippen LogP contribution is 2.22. The fraction of sp³-hybridized carbons (Fsp3) is 0.708. The Hall–Kier alpha value is -3.11. The standard InChI is InChI=1S/C24H38N4O7/c1-16(29)26-19(22(32)33)14-25-21(31)18-6-5-11-28(15-18)20(30)8-7-17-9-12-27(13-10-17)23(34)35-24(2,3)4/h7-8,17-19H,5-6,9-15H2,1-4H3,(H,25,31)(H,26,29)(H,32,33)/b8-7+/t18-,19+/m1/s1. The molecule has 3 N–H and O–H groups in total. The topological polar surface area (TPSA) is 145 Å². The van der Waals surface area contributed by atoms with Gasteiger partial charge in [0.2, 0.25) is 17.7 Å². The molecular formula is C24H38N4O7. The van der Waals surface area contributed by atoms with Gasteiger partial charge in [0.05, 0.1) is 5.92 Å². The average molecular weight is 495 g/mol. The van der Waals surface area contributed by atoms with Crippen LogP contribution in [-0.4, -0.2) is 89.1 Å². The van der Waals surface area contributed by atoms with Crippen LogP contribution in [0.5, 0.6) is 0 Å². The van der Waals surface area contributed by atoms with E-state index >= 15 is 0 Å². The van der Waals surface area contributed by atoms with E-state index in [0.717, 1.165) is 12.8 Å². The summed E-state index contributed by atoms with van der Waals surface area (Å²) in [5.41, 5.74) is -0.535. The highest BCUT2D eigenvalue weighted by atomic mass is 16.6. The summed E-state index contributed by atoms with van der Waals surface area (Å²) in [4.78, 5) is 63.1. The Balaban J connectivity index is 1.80. The molecule has 35 heavy (non-hydrogen) atoms. The summed E-state index contributed by atoms with van der Waals surface area (Å²) < 4.78 is 5.41. The molecular weight excluding hydrogens is 456 g/mol. The van der Waals surface area contributed by atoms with Crippen LogP contribution in [0.4, 0.5) is 4.79 Å². The quantitative estimate of drug-likeness (QED) is 0.450.